The van der Waals surface area contributed by atoms with Crippen LogP contribution in [0, 0.1) is 6.92 Å². The second-order valence-electron chi connectivity index (χ2n) is 13.8. The Morgan fingerprint density at radius 3 is 2.20 bits per heavy atom. The maximum Gasteiger partial charge on any atom is 0.0740 e. The molecule has 50 heavy (non-hydrogen) atoms. The summed E-state index contributed by atoms with van der Waals surface area (Å²) in [6.07, 6.45) is 16.9. The lowest BCUT2D eigenvalue weighted by Gasteiger charge is -2.27. The van der Waals surface area contributed by atoms with Crippen LogP contribution >= 0.6 is 0 Å². The molecule has 3 aliphatic carbocycles. The lowest BCUT2D eigenvalue weighted by Crippen LogP contribution is -2.10. The van der Waals surface area contributed by atoms with Gasteiger partial charge in [0.2, 0.25) is 0 Å². The van der Waals surface area contributed by atoms with Crippen molar-refractivity contribution in [3.63, 3.8) is 0 Å². The number of para-hydroxylation sites is 1. The number of nitrogens with zero attached hydrogens (tertiary/aromatic N) is 2. The van der Waals surface area contributed by atoms with Gasteiger partial charge in [-0.25, -0.2) is 0 Å². The summed E-state index contributed by atoms with van der Waals surface area (Å²) in [5.74, 6) is 0. The summed E-state index contributed by atoms with van der Waals surface area (Å²) in [6, 6.07) is 42.6. The van der Waals surface area contributed by atoms with Crippen molar-refractivity contribution in [3.05, 3.63) is 173 Å². The Bertz CT molecular complexity index is 2450. The summed E-state index contributed by atoms with van der Waals surface area (Å²) in [5.41, 5.74) is 16.5. The predicted octanol–water partition coefficient (Wildman–Crippen LogP) is 13.5. The van der Waals surface area contributed by atoms with E-state index in [-0.39, 0.29) is 0 Å². The molecule has 0 fully saturated rings. The highest BCUT2D eigenvalue weighted by atomic mass is 15.1. The van der Waals surface area contributed by atoms with Crippen molar-refractivity contribution in [2.75, 3.05) is 4.90 Å². The SMILES string of the molecule is CC(=Nc1c(C)ccc2c1ccc1c(N(c3ccccc3)c3ccc(-c4cccc5c4CC4=C5CCC=C4)cc3)cccc12)C1=CCCC=C1. The zero-order valence-electron chi connectivity index (χ0n) is 28.8. The third-order valence-electron chi connectivity index (χ3n) is 10.7. The number of anilines is 3. The van der Waals surface area contributed by atoms with Crippen LogP contribution in [0.15, 0.2) is 162 Å². The van der Waals surface area contributed by atoms with Crippen molar-refractivity contribution < 1.29 is 0 Å². The maximum atomic E-state index is 5.23. The van der Waals surface area contributed by atoms with Gasteiger partial charge < -0.3 is 4.90 Å². The molecular weight excluding hydrogens is 605 g/mol. The minimum absolute atomic E-state index is 1.03. The van der Waals surface area contributed by atoms with Gasteiger partial charge in [0.05, 0.1) is 11.4 Å². The van der Waals surface area contributed by atoms with Crippen LogP contribution in [0.3, 0.4) is 0 Å². The van der Waals surface area contributed by atoms with Crippen LogP contribution in [0.5, 0.6) is 0 Å². The molecule has 0 radical (unpaired) electrons. The highest BCUT2D eigenvalue weighted by Gasteiger charge is 2.24. The van der Waals surface area contributed by atoms with Crippen molar-refractivity contribution in [2.24, 2.45) is 4.99 Å². The average Bonchev–Trinajstić information content (AvgIpc) is 3.56. The number of allylic oxidation sites excluding steroid dienone is 8. The molecule has 0 heterocycles. The van der Waals surface area contributed by atoms with E-state index in [4.69, 9.17) is 4.99 Å². The normalized spacial score (nSPS) is 15.4. The molecule has 0 bridgehead atoms. The van der Waals surface area contributed by atoms with E-state index >= 15 is 0 Å². The first kappa shape index (κ1) is 30.3. The number of hydrogen-bond donors (Lipinski definition) is 0. The number of benzene rings is 6. The van der Waals surface area contributed by atoms with E-state index in [1.165, 1.54) is 60.5 Å². The molecule has 0 unspecified atom stereocenters. The third-order valence-corrected chi connectivity index (χ3v) is 10.7. The van der Waals surface area contributed by atoms with Crippen molar-refractivity contribution >= 4 is 55.6 Å². The fraction of sp³-hybridized carbons (Fsp3) is 0.146. The van der Waals surface area contributed by atoms with Crippen LogP contribution in [0.1, 0.15) is 49.3 Å². The van der Waals surface area contributed by atoms with Gasteiger partial charge in [0.15, 0.2) is 0 Å². The van der Waals surface area contributed by atoms with Crippen LogP contribution in [0.2, 0.25) is 0 Å². The van der Waals surface area contributed by atoms with Crippen LogP contribution in [0.25, 0.3) is 38.2 Å². The van der Waals surface area contributed by atoms with Crippen LogP contribution in [0.4, 0.5) is 22.7 Å². The summed E-state index contributed by atoms with van der Waals surface area (Å²) >= 11 is 0. The largest absolute Gasteiger partial charge is 0.310 e. The van der Waals surface area contributed by atoms with Crippen molar-refractivity contribution in [2.45, 2.75) is 46.0 Å². The molecule has 6 aromatic carbocycles. The van der Waals surface area contributed by atoms with Gasteiger partial charge in [0.1, 0.15) is 0 Å². The Morgan fingerprint density at radius 2 is 1.36 bits per heavy atom. The fourth-order valence-corrected chi connectivity index (χ4v) is 8.21. The lowest BCUT2D eigenvalue weighted by molar-refractivity contribution is 1.03. The Hall–Kier alpha value is -5.73. The molecule has 0 N–H and O–H groups in total. The molecule has 242 valence electrons. The molecule has 0 saturated heterocycles. The quantitative estimate of drug-likeness (QED) is 0.130. The molecule has 0 aliphatic heterocycles. The maximum absolute atomic E-state index is 5.23. The van der Waals surface area contributed by atoms with E-state index in [0.29, 0.717) is 0 Å². The van der Waals surface area contributed by atoms with E-state index < -0.39 is 0 Å². The van der Waals surface area contributed by atoms with Gasteiger partial charge in [-0.2, -0.15) is 0 Å². The highest BCUT2D eigenvalue weighted by molar-refractivity contribution is 6.16. The molecule has 3 aliphatic rings. The Labute approximate surface area is 295 Å². The van der Waals surface area contributed by atoms with Gasteiger partial charge in [-0.15, -0.1) is 0 Å². The van der Waals surface area contributed by atoms with E-state index in [0.717, 1.165) is 60.6 Å². The smallest absolute Gasteiger partial charge is 0.0740 e. The van der Waals surface area contributed by atoms with Gasteiger partial charge >= 0.3 is 0 Å². The van der Waals surface area contributed by atoms with Crippen LogP contribution < -0.4 is 4.90 Å². The molecule has 0 saturated carbocycles. The molecule has 0 spiro atoms. The molecule has 6 aromatic rings. The summed E-state index contributed by atoms with van der Waals surface area (Å²) in [4.78, 5) is 7.63. The summed E-state index contributed by atoms with van der Waals surface area (Å²) < 4.78 is 0. The first-order valence-corrected chi connectivity index (χ1v) is 18.0. The monoisotopic (exact) mass is 644 g/mol. The molecular formula is C48H40N2. The average molecular weight is 645 g/mol. The molecule has 0 aromatic heterocycles. The third kappa shape index (κ3) is 5.24. The highest BCUT2D eigenvalue weighted by Crippen LogP contribution is 2.45. The zero-order chi connectivity index (χ0) is 33.6. The molecule has 0 amide bonds. The molecule has 0 atom stereocenters. The van der Waals surface area contributed by atoms with Crippen molar-refractivity contribution in [1.29, 1.82) is 0 Å². The van der Waals surface area contributed by atoms with Crippen molar-refractivity contribution in [3.8, 4) is 11.1 Å². The van der Waals surface area contributed by atoms with Gasteiger partial charge in [-0.1, -0.05) is 115 Å². The Kier molecular flexibility index (Phi) is 7.66. The summed E-state index contributed by atoms with van der Waals surface area (Å²) in [7, 11) is 0. The van der Waals surface area contributed by atoms with Crippen LogP contribution in [-0.4, -0.2) is 5.71 Å². The Morgan fingerprint density at radius 1 is 0.620 bits per heavy atom. The molecule has 9 rings (SSSR count). The van der Waals surface area contributed by atoms with Crippen LogP contribution in [-0.2, 0) is 6.42 Å². The summed E-state index contributed by atoms with van der Waals surface area (Å²) in [5, 5.41) is 4.86. The van der Waals surface area contributed by atoms with E-state index in [9.17, 15) is 0 Å². The van der Waals surface area contributed by atoms with Crippen molar-refractivity contribution in [1.82, 2.24) is 0 Å². The Balaban J connectivity index is 1.14. The second-order valence-corrected chi connectivity index (χ2v) is 13.8. The second kappa shape index (κ2) is 12.6. The van der Waals surface area contributed by atoms with Gasteiger partial charge in [0, 0.05) is 27.9 Å². The fourth-order valence-electron chi connectivity index (χ4n) is 8.21. The number of rotatable bonds is 6. The number of aryl methyl sites for hydroxylation is 1. The first-order valence-electron chi connectivity index (χ1n) is 18.0. The van der Waals surface area contributed by atoms with Gasteiger partial charge in [0.25, 0.3) is 0 Å². The molecule has 2 heteroatoms. The minimum Gasteiger partial charge on any atom is -0.310 e. The number of aliphatic imine (C=N–C) groups is 1. The first-order chi connectivity index (χ1) is 24.6. The van der Waals surface area contributed by atoms with E-state index in [2.05, 4.69) is 164 Å². The van der Waals surface area contributed by atoms with Gasteiger partial charge in [-0.05, 0) is 132 Å². The van der Waals surface area contributed by atoms with E-state index in [1.807, 2.05) is 0 Å². The standard InChI is InChI=1S/C48H40N2/c1-32-23-28-43-42-21-12-22-47(44(42)29-30-45(43)48(32)49-33(2)34-13-5-3-6-14-34)50(37-16-7-4-8-17-37)38-26-24-35(25-27-38)39-19-11-20-41-40-18-10-9-15-36(40)31-46(39)41/h4-5,7-9,11-17,19-30H,3,6,10,18,31H2,1-2H3. The molecule has 2 nitrogen and oxygen atoms in total. The zero-order valence-corrected chi connectivity index (χ0v) is 28.8. The lowest BCUT2D eigenvalue weighted by atomic mass is 9.93. The van der Waals surface area contributed by atoms with Gasteiger partial charge in [-0.3, -0.25) is 4.99 Å². The topological polar surface area (TPSA) is 15.6 Å². The number of fused-ring (bicyclic) bond motifs is 5. The number of hydrogen-bond acceptors (Lipinski definition) is 2. The summed E-state index contributed by atoms with van der Waals surface area (Å²) in [6.45, 7) is 4.30. The minimum atomic E-state index is 1.03. The van der Waals surface area contributed by atoms with E-state index in [1.54, 1.807) is 5.57 Å². The predicted molar refractivity (Wildman–Crippen MR) is 215 cm³/mol.